The summed E-state index contributed by atoms with van der Waals surface area (Å²) < 4.78 is 44.8. The van der Waals surface area contributed by atoms with Gasteiger partial charge >= 0.3 is 12.1 Å². The molecule has 0 aliphatic heterocycles. The predicted molar refractivity (Wildman–Crippen MR) is 129 cm³/mol. The number of likely N-dealkylation sites (N-methyl/N-ethyl adjacent to an activating group) is 1. The molecule has 198 valence electrons. The normalized spacial score (nSPS) is 12.1. The van der Waals surface area contributed by atoms with Crippen LogP contribution in [0.25, 0.3) is 0 Å². The van der Waals surface area contributed by atoms with Gasteiger partial charge in [-0.05, 0) is 25.5 Å². The number of alkyl halides is 3. The van der Waals surface area contributed by atoms with E-state index in [9.17, 15) is 22.8 Å². The maximum absolute atomic E-state index is 12.7. The van der Waals surface area contributed by atoms with Crippen LogP contribution >= 0.6 is 0 Å². The van der Waals surface area contributed by atoms with Gasteiger partial charge in [-0.25, -0.2) is 9.78 Å². The zero-order valence-electron chi connectivity index (χ0n) is 20.7. The van der Waals surface area contributed by atoms with E-state index < -0.39 is 23.9 Å². The molecule has 0 unspecified atom stereocenters. The van der Waals surface area contributed by atoms with E-state index in [0.29, 0.717) is 17.1 Å². The van der Waals surface area contributed by atoms with Gasteiger partial charge in [0.15, 0.2) is 11.5 Å². The van der Waals surface area contributed by atoms with Gasteiger partial charge in [-0.2, -0.15) is 23.3 Å². The van der Waals surface area contributed by atoms with Crippen LogP contribution in [0.2, 0.25) is 0 Å². The van der Waals surface area contributed by atoms with Crippen LogP contribution in [0.1, 0.15) is 41.2 Å². The topological polar surface area (TPSA) is 127 Å². The number of rotatable bonds is 11. The first kappa shape index (κ1) is 27.4. The van der Waals surface area contributed by atoms with Gasteiger partial charge in [0.25, 0.3) is 0 Å². The van der Waals surface area contributed by atoms with Crippen LogP contribution in [0.3, 0.4) is 0 Å². The molecule has 0 saturated carbocycles. The summed E-state index contributed by atoms with van der Waals surface area (Å²) in [5.41, 5.74) is 0.652. The molecule has 0 aliphatic rings. The van der Waals surface area contributed by atoms with Crippen molar-refractivity contribution in [2.75, 3.05) is 36.2 Å². The number of esters is 1. The highest BCUT2D eigenvalue weighted by atomic mass is 19.4. The third-order valence-corrected chi connectivity index (χ3v) is 5.35. The highest BCUT2D eigenvalue weighted by Crippen LogP contribution is 2.29. The number of hydrogen-bond donors (Lipinski definition) is 2. The Morgan fingerprint density at radius 2 is 2.00 bits per heavy atom. The Kier molecular flexibility index (Phi) is 8.63. The van der Waals surface area contributed by atoms with Crippen molar-refractivity contribution in [1.82, 2.24) is 24.7 Å². The SMILES string of the molecule is CCOC(=O)c1nc(NCc2cnn(Cc3ccc(C(F)(F)F)nc3)c2)nc(N(C)[C@@H](C)C=O)c1NC. The molecule has 3 heterocycles. The van der Waals surface area contributed by atoms with E-state index >= 15 is 0 Å². The summed E-state index contributed by atoms with van der Waals surface area (Å²) in [7, 11) is 3.28. The average Bonchev–Trinajstić information content (AvgIpc) is 3.32. The molecule has 3 aromatic rings. The molecule has 0 saturated heterocycles. The van der Waals surface area contributed by atoms with Crippen LogP contribution in [-0.2, 0) is 28.8 Å². The van der Waals surface area contributed by atoms with Crippen LogP contribution in [-0.4, -0.2) is 63.7 Å². The fourth-order valence-electron chi connectivity index (χ4n) is 3.28. The Balaban J connectivity index is 1.79. The average molecular weight is 521 g/mol. The fraction of sp³-hybridized carbons (Fsp3) is 0.391. The molecule has 37 heavy (non-hydrogen) atoms. The number of ether oxygens (including phenoxy) is 1. The maximum atomic E-state index is 12.7. The molecule has 11 nitrogen and oxygen atoms in total. The van der Waals surface area contributed by atoms with Gasteiger partial charge < -0.3 is 25.1 Å². The first-order chi connectivity index (χ1) is 17.6. The smallest absolute Gasteiger partial charge is 0.433 e. The Labute approximate surface area is 211 Å². The van der Waals surface area contributed by atoms with Crippen molar-refractivity contribution in [2.24, 2.45) is 0 Å². The van der Waals surface area contributed by atoms with Crippen LogP contribution in [0.15, 0.2) is 30.7 Å². The molecular weight excluding hydrogens is 493 g/mol. The lowest BCUT2D eigenvalue weighted by atomic mass is 10.2. The first-order valence-corrected chi connectivity index (χ1v) is 11.3. The quantitative estimate of drug-likeness (QED) is 0.288. The summed E-state index contributed by atoms with van der Waals surface area (Å²) in [6.45, 7) is 3.98. The van der Waals surface area contributed by atoms with Crippen LogP contribution in [0.4, 0.5) is 30.6 Å². The zero-order chi connectivity index (χ0) is 27.2. The van der Waals surface area contributed by atoms with Crippen molar-refractivity contribution >= 4 is 29.7 Å². The van der Waals surface area contributed by atoms with E-state index in [4.69, 9.17) is 4.74 Å². The summed E-state index contributed by atoms with van der Waals surface area (Å²) in [4.78, 5) is 37.8. The molecule has 0 aliphatic carbocycles. The first-order valence-electron chi connectivity index (χ1n) is 11.3. The van der Waals surface area contributed by atoms with Gasteiger partial charge in [-0.3, -0.25) is 9.67 Å². The second-order valence-electron chi connectivity index (χ2n) is 8.00. The van der Waals surface area contributed by atoms with E-state index in [1.54, 1.807) is 49.9 Å². The molecule has 0 bridgehead atoms. The molecule has 0 amide bonds. The third kappa shape index (κ3) is 6.71. The molecule has 3 rings (SSSR count). The fourth-order valence-corrected chi connectivity index (χ4v) is 3.28. The number of pyridine rings is 1. The maximum Gasteiger partial charge on any atom is 0.433 e. The second-order valence-corrected chi connectivity index (χ2v) is 8.00. The van der Waals surface area contributed by atoms with Crippen molar-refractivity contribution in [3.8, 4) is 0 Å². The van der Waals surface area contributed by atoms with Crippen molar-refractivity contribution in [3.63, 3.8) is 0 Å². The molecule has 0 spiro atoms. The lowest BCUT2D eigenvalue weighted by molar-refractivity contribution is -0.141. The second kappa shape index (κ2) is 11.7. The van der Waals surface area contributed by atoms with Gasteiger partial charge in [-0.15, -0.1) is 0 Å². The van der Waals surface area contributed by atoms with Gasteiger partial charge in [-0.1, -0.05) is 6.07 Å². The number of anilines is 3. The van der Waals surface area contributed by atoms with E-state index in [2.05, 4.69) is 30.7 Å². The number of nitrogens with zero attached hydrogens (tertiary/aromatic N) is 6. The number of halogens is 3. The number of carbonyl (C=O) groups excluding carboxylic acids is 2. The van der Waals surface area contributed by atoms with Crippen molar-refractivity contribution in [2.45, 2.75) is 39.2 Å². The predicted octanol–water partition coefficient (Wildman–Crippen LogP) is 2.99. The summed E-state index contributed by atoms with van der Waals surface area (Å²) >= 11 is 0. The van der Waals surface area contributed by atoms with E-state index in [-0.39, 0.29) is 31.3 Å². The van der Waals surface area contributed by atoms with Crippen molar-refractivity contribution in [1.29, 1.82) is 0 Å². The van der Waals surface area contributed by atoms with E-state index in [0.717, 1.165) is 24.1 Å². The molecule has 3 aromatic heterocycles. The minimum atomic E-state index is -4.50. The number of hydrogen-bond acceptors (Lipinski definition) is 10. The Morgan fingerprint density at radius 3 is 2.59 bits per heavy atom. The molecule has 0 aromatic carbocycles. The lowest BCUT2D eigenvalue weighted by Crippen LogP contribution is -2.32. The molecule has 0 fully saturated rings. The van der Waals surface area contributed by atoms with Gasteiger partial charge in [0.05, 0.1) is 25.4 Å². The Morgan fingerprint density at radius 1 is 1.24 bits per heavy atom. The minimum absolute atomic E-state index is 0.00676. The molecular formula is C23H27F3N8O3. The van der Waals surface area contributed by atoms with Gasteiger partial charge in [0.1, 0.15) is 17.7 Å². The highest BCUT2D eigenvalue weighted by Gasteiger charge is 2.32. The van der Waals surface area contributed by atoms with Gasteiger partial charge in [0.2, 0.25) is 5.95 Å². The summed E-state index contributed by atoms with van der Waals surface area (Å²) in [5, 5.41) is 10.2. The number of aromatic nitrogens is 5. The zero-order valence-corrected chi connectivity index (χ0v) is 20.7. The molecule has 14 heteroatoms. The van der Waals surface area contributed by atoms with E-state index in [1.807, 2.05) is 0 Å². The van der Waals surface area contributed by atoms with Crippen LogP contribution < -0.4 is 15.5 Å². The monoisotopic (exact) mass is 520 g/mol. The standard InChI is InChI=1S/C23H27F3N8O3/c1-5-37-21(36)19-18(27-3)20(33(4)14(2)13-35)32-22(31-19)29-9-16-10-30-34(12-16)11-15-6-7-17(28-8-15)23(24,25)26/h6-8,10,12-14,27H,5,9,11H2,1-4H3,(H,29,31,32)/t14-/m0/s1. The summed E-state index contributed by atoms with van der Waals surface area (Å²) in [5.74, 6) is -0.196. The number of aldehydes is 1. The largest absolute Gasteiger partial charge is 0.461 e. The molecule has 0 radical (unpaired) electrons. The van der Waals surface area contributed by atoms with E-state index in [1.165, 1.54) is 6.07 Å². The minimum Gasteiger partial charge on any atom is -0.461 e. The highest BCUT2D eigenvalue weighted by molar-refractivity contribution is 5.97. The molecule has 2 N–H and O–H groups in total. The number of nitrogens with one attached hydrogen (secondary N) is 2. The van der Waals surface area contributed by atoms with Gasteiger partial charge in [0, 0.05) is 38.6 Å². The Bertz CT molecular complexity index is 1230. The summed E-state index contributed by atoms with van der Waals surface area (Å²) in [6.07, 6.45) is 0.707. The number of carbonyl (C=O) groups is 2. The Hall–Kier alpha value is -4.23. The lowest BCUT2D eigenvalue weighted by Gasteiger charge is -2.25. The van der Waals surface area contributed by atoms with Crippen molar-refractivity contribution in [3.05, 3.63) is 53.2 Å². The summed E-state index contributed by atoms with van der Waals surface area (Å²) in [6, 6.07) is 1.75. The van der Waals surface area contributed by atoms with Crippen LogP contribution in [0.5, 0.6) is 0 Å². The molecule has 1 atom stereocenters. The van der Waals surface area contributed by atoms with Crippen molar-refractivity contribution < 1.29 is 27.5 Å². The van der Waals surface area contributed by atoms with Crippen LogP contribution in [0, 0.1) is 0 Å². The third-order valence-electron chi connectivity index (χ3n) is 5.35.